The predicted molar refractivity (Wildman–Crippen MR) is 65.4 cm³/mol. The van der Waals surface area contributed by atoms with E-state index in [4.69, 9.17) is 0 Å². The standard InChI is InChI=1S/C11H16N4S/c1-9(2)13-5-10-3-4-15(14-10)7-11-6-12-8-16-11/h3-4,6,8-9,13H,5,7H2,1-2H3. The predicted octanol–water partition coefficient (Wildman–Crippen LogP) is 1.89. The summed E-state index contributed by atoms with van der Waals surface area (Å²) in [6.07, 6.45) is 3.90. The summed E-state index contributed by atoms with van der Waals surface area (Å²) in [6.45, 7) is 5.91. The average Bonchev–Trinajstić information content (AvgIpc) is 2.87. The van der Waals surface area contributed by atoms with Crippen LogP contribution >= 0.6 is 11.3 Å². The van der Waals surface area contributed by atoms with E-state index in [0.717, 1.165) is 18.8 Å². The first-order valence-electron chi connectivity index (χ1n) is 5.37. The van der Waals surface area contributed by atoms with Crippen LogP contribution in [-0.4, -0.2) is 20.8 Å². The van der Waals surface area contributed by atoms with E-state index in [0.29, 0.717) is 6.04 Å². The van der Waals surface area contributed by atoms with Crippen molar-refractivity contribution in [1.29, 1.82) is 0 Å². The zero-order valence-corrected chi connectivity index (χ0v) is 10.4. The smallest absolute Gasteiger partial charge is 0.0794 e. The maximum atomic E-state index is 4.49. The van der Waals surface area contributed by atoms with Gasteiger partial charge in [0.2, 0.25) is 0 Å². The fraction of sp³-hybridized carbons (Fsp3) is 0.455. The maximum absolute atomic E-state index is 4.49. The van der Waals surface area contributed by atoms with Crippen molar-refractivity contribution < 1.29 is 0 Å². The molecule has 1 N–H and O–H groups in total. The van der Waals surface area contributed by atoms with Crippen molar-refractivity contribution >= 4 is 11.3 Å². The van der Waals surface area contributed by atoms with E-state index in [2.05, 4.69) is 35.3 Å². The number of nitrogens with zero attached hydrogens (tertiary/aromatic N) is 3. The van der Waals surface area contributed by atoms with Crippen molar-refractivity contribution in [1.82, 2.24) is 20.1 Å². The lowest BCUT2D eigenvalue weighted by Crippen LogP contribution is -2.22. The summed E-state index contributed by atoms with van der Waals surface area (Å²) in [6, 6.07) is 2.54. The number of rotatable bonds is 5. The van der Waals surface area contributed by atoms with Crippen LogP contribution in [0, 0.1) is 0 Å². The van der Waals surface area contributed by atoms with Gasteiger partial charge in [0, 0.05) is 29.9 Å². The Hall–Kier alpha value is -1.20. The molecule has 0 bridgehead atoms. The summed E-state index contributed by atoms with van der Waals surface area (Å²) in [5, 5.41) is 7.84. The van der Waals surface area contributed by atoms with Crippen LogP contribution in [0.15, 0.2) is 24.0 Å². The lowest BCUT2D eigenvalue weighted by Gasteiger charge is -2.04. The zero-order valence-electron chi connectivity index (χ0n) is 9.55. The normalized spacial score (nSPS) is 11.2. The molecular weight excluding hydrogens is 220 g/mol. The molecule has 2 aromatic rings. The van der Waals surface area contributed by atoms with Crippen molar-refractivity contribution in [2.45, 2.75) is 33.0 Å². The Morgan fingerprint density at radius 1 is 1.50 bits per heavy atom. The highest BCUT2D eigenvalue weighted by Gasteiger charge is 2.01. The van der Waals surface area contributed by atoms with Crippen LogP contribution < -0.4 is 5.32 Å². The van der Waals surface area contributed by atoms with Crippen molar-refractivity contribution in [3.63, 3.8) is 0 Å². The van der Waals surface area contributed by atoms with E-state index in [1.807, 2.05) is 22.6 Å². The second-order valence-corrected chi connectivity index (χ2v) is 4.98. The Morgan fingerprint density at radius 2 is 2.38 bits per heavy atom. The number of aromatic nitrogens is 3. The lowest BCUT2D eigenvalue weighted by molar-refractivity contribution is 0.570. The second-order valence-electron chi connectivity index (χ2n) is 4.01. The first-order chi connectivity index (χ1) is 7.74. The Labute approximate surface area is 99.3 Å². The summed E-state index contributed by atoms with van der Waals surface area (Å²) in [4.78, 5) is 5.28. The molecule has 16 heavy (non-hydrogen) atoms. The molecule has 0 unspecified atom stereocenters. The molecule has 0 saturated heterocycles. The van der Waals surface area contributed by atoms with E-state index in [9.17, 15) is 0 Å². The van der Waals surface area contributed by atoms with Gasteiger partial charge in [-0.05, 0) is 6.07 Å². The highest BCUT2D eigenvalue weighted by molar-refractivity contribution is 7.09. The minimum atomic E-state index is 0.492. The summed E-state index contributed by atoms with van der Waals surface area (Å²) >= 11 is 1.66. The van der Waals surface area contributed by atoms with E-state index in [1.54, 1.807) is 11.3 Å². The molecule has 0 aromatic carbocycles. The SMILES string of the molecule is CC(C)NCc1ccn(Cc2cncs2)n1. The van der Waals surface area contributed by atoms with Gasteiger partial charge < -0.3 is 5.32 Å². The van der Waals surface area contributed by atoms with E-state index in [1.165, 1.54) is 4.88 Å². The molecule has 0 saturated carbocycles. The van der Waals surface area contributed by atoms with Crippen molar-refractivity contribution in [2.75, 3.05) is 0 Å². The molecule has 0 aliphatic rings. The van der Waals surface area contributed by atoms with Crippen LogP contribution in [0.3, 0.4) is 0 Å². The minimum Gasteiger partial charge on any atom is -0.309 e. The average molecular weight is 236 g/mol. The molecular formula is C11H16N4S. The second kappa shape index (κ2) is 5.23. The molecule has 0 atom stereocenters. The molecule has 0 aliphatic carbocycles. The molecule has 0 spiro atoms. The van der Waals surface area contributed by atoms with Crippen LogP contribution in [0.4, 0.5) is 0 Å². The van der Waals surface area contributed by atoms with Gasteiger partial charge in [-0.1, -0.05) is 13.8 Å². The zero-order chi connectivity index (χ0) is 11.4. The summed E-state index contributed by atoms with van der Waals surface area (Å²) in [5.41, 5.74) is 2.93. The quantitative estimate of drug-likeness (QED) is 0.862. The van der Waals surface area contributed by atoms with Gasteiger partial charge in [-0.2, -0.15) is 5.10 Å². The van der Waals surface area contributed by atoms with Gasteiger partial charge in [0.25, 0.3) is 0 Å². The monoisotopic (exact) mass is 236 g/mol. The van der Waals surface area contributed by atoms with Crippen LogP contribution in [0.5, 0.6) is 0 Å². The molecule has 5 heteroatoms. The molecule has 86 valence electrons. The van der Waals surface area contributed by atoms with Crippen LogP contribution in [0.1, 0.15) is 24.4 Å². The van der Waals surface area contributed by atoms with Gasteiger partial charge in [-0.25, -0.2) is 0 Å². The number of hydrogen-bond donors (Lipinski definition) is 1. The lowest BCUT2D eigenvalue weighted by atomic mass is 10.3. The van der Waals surface area contributed by atoms with Crippen molar-refractivity contribution in [2.24, 2.45) is 0 Å². The molecule has 2 heterocycles. The number of nitrogens with one attached hydrogen (secondary N) is 1. The van der Waals surface area contributed by atoms with E-state index < -0.39 is 0 Å². The minimum absolute atomic E-state index is 0.492. The summed E-state index contributed by atoms with van der Waals surface area (Å²) in [5.74, 6) is 0. The van der Waals surface area contributed by atoms with E-state index in [-0.39, 0.29) is 0 Å². The third kappa shape index (κ3) is 3.15. The highest BCUT2D eigenvalue weighted by Crippen LogP contribution is 2.07. The van der Waals surface area contributed by atoms with Gasteiger partial charge in [-0.15, -0.1) is 11.3 Å². The third-order valence-electron chi connectivity index (χ3n) is 2.19. The molecule has 0 aliphatic heterocycles. The third-order valence-corrected chi connectivity index (χ3v) is 2.95. The molecule has 2 aromatic heterocycles. The molecule has 0 radical (unpaired) electrons. The van der Waals surface area contributed by atoms with Crippen LogP contribution in [0.2, 0.25) is 0 Å². The van der Waals surface area contributed by atoms with E-state index >= 15 is 0 Å². The fourth-order valence-electron chi connectivity index (χ4n) is 1.37. The van der Waals surface area contributed by atoms with Crippen LogP contribution in [0.25, 0.3) is 0 Å². The Morgan fingerprint density at radius 3 is 3.06 bits per heavy atom. The van der Waals surface area contributed by atoms with Crippen molar-refractivity contribution in [3.8, 4) is 0 Å². The Kier molecular flexibility index (Phi) is 3.69. The Balaban J connectivity index is 1.92. The first-order valence-corrected chi connectivity index (χ1v) is 6.25. The van der Waals surface area contributed by atoms with Gasteiger partial charge in [-0.3, -0.25) is 9.67 Å². The highest BCUT2D eigenvalue weighted by atomic mass is 32.1. The first kappa shape index (κ1) is 11.3. The van der Waals surface area contributed by atoms with Gasteiger partial charge in [0.1, 0.15) is 0 Å². The number of hydrogen-bond acceptors (Lipinski definition) is 4. The fourth-order valence-corrected chi connectivity index (χ4v) is 1.96. The molecule has 0 amide bonds. The van der Waals surface area contributed by atoms with Gasteiger partial charge in [0.15, 0.2) is 0 Å². The summed E-state index contributed by atoms with van der Waals surface area (Å²) < 4.78 is 1.95. The maximum Gasteiger partial charge on any atom is 0.0794 e. The largest absolute Gasteiger partial charge is 0.309 e. The molecule has 2 rings (SSSR count). The Bertz CT molecular complexity index is 419. The van der Waals surface area contributed by atoms with Gasteiger partial charge >= 0.3 is 0 Å². The van der Waals surface area contributed by atoms with Crippen molar-refractivity contribution in [3.05, 3.63) is 34.5 Å². The van der Waals surface area contributed by atoms with Gasteiger partial charge in [0.05, 0.1) is 17.7 Å². The van der Waals surface area contributed by atoms with Crippen LogP contribution in [-0.2, 0) is 13.1 Å². The summed E-state index contributed by atoms with van der Waals surface area (Å²) in [7, 11) is 0. The number of thiazole rings is 1. The topological polar surface area (TPSA) is 42.7 Å². The molecule has 4 nitrogen and oxygen atoms in total. The molecule has 0 fully saturated rings.